The maximum Gasteiger partial charge on any atom is 0.131 e. The van der Waals surface area contributed by atoms with Crippen LogP contribution in [0.3, 0.4) is 0 Å². The van der Waals surface area contributed by atoms with Crippen LogP contribution in [0.15, 0.2) is 78.2 Å². The number of rotatable bonds is 5. The molecule has 0 radical (unpaired) electrons. The van der Waals surface area contributed by atoms with E-state index < -0.39 is 0 Å². The van der Waals surface area contributed by atoms with Crippen LogP contribution in [-0.4, -0.2) is 23.0 Å². The van der Waals surface area contributed by atoms with E-state index in [1.165, 1.54) is 11.1 Å². The van der Waals surface area contributed by atoms with Gasteiger partial charge in [0.25, 0.3) is 0 Å². The average Bonchev–Trinajstić information content (AvgIpc) is 3.46. The lowest BCUT2D eigenvalue weighted by molar-refractivity contribution is 0.0510. The molecule has 29 heavy (non-hydrogen) atoms. The Morgan fingerprint density at radius 3 is 2.62 bits per heavy atom. The minimum atomic E-state index is -0.0724. The van der Waals surface area contributed by atoms with Gasteiger partial charge in [-0.3, -0.25) is 15.2 Å². The summed E-state index contributed by atoms with van der Waals surface area (Å²) in [5.74, 6) is 0. The third-order valence-electron chi connectivity index (χ3n) is 5.34. The third-order valence-corrected chi connectivity index (χ3v) is 6.26. The van der Waals surface area contributed by atoms with Gasteiger partial charge < -0.3 is 0 Å². The van der Waals surface area contributed by atoms with E-state index in [1.54, 1.807) is 11.3 Å². The van der Waals surface area contributed by atoms with Gasteiger partial charge in [0.2, 0.25) is 0 Å². The second-order valence-corrected chi connectivity index (χ2v) is 8.23. The van der Waals surface area contributed by atoms with Gasteiger partial charge in [0.05, 0.1) is 11.4 Å². The highest BCUT2D eigenvalue weighted by Gasteiger charge is 2.22. The van der Waals surface area contributed by atoms with Crippen molar-refractivity contribution in [2.75, 3.05) is 13.1 Å². The van der Waals surface area contributed by atoms with Crippen molar-refractivity contribution >= 4 is 22.6 Å². The molecule has 0 saturated heterocycles. The highest BCUT2D eigenvalue weighted by atomic mass is 32.1. The molecular formula is C24H23N3OS. The monoisotopic (exact) mass is 401 g/mol. The number of hydrogen-bond acceptors (Lipinski definition) is 5. The Labute approximate surface area is 175 Å². The van der Waals surface area contributed by atoms with E-state index >= 15 is 0 Å². The second kappa shape index (κ2) is 8.33. The Kier molecular flexibility index (Phi) is 5.26. The molecular weight excluding hydrogens is 378 g/mol. The van der Waals surface area contributed by atoms with Crippen LogP contribution in [0.25, 0.3) is 11.3 Å². The van der Waals surface area contributed by atoms with E-state index in [4.69, 9.17) is 9.82 Å². The first kappa shape index (κ1) is 18.3. The summed E-state index contributed by atoms with van der Waals surface area (Å²) in [6.45, 7) is 3.04. The van der Waals surface area contributed by atoms with Crippen molar-refractivity contribution in [1.82, 2.24) is 15.4 Å². The summed E-state index contributed by atoms with van der Waals surface area (Å²) in [5, 5.41) is 3.23. The maximum absolute atomic E-state index is 5.73. The van der Waals surface area contributed by atoms with Gasteiger partial charge in [-0.05, 0) is 29.2 Å². The van der Waals surface area contributed by atoms with Gasteiger partial charge in [0.15, 0.2) is 0 Å². The van der Waals surface area contributed by atoms with Crippen LogP contribution in [0, 0.1) is 0 Å². The molecule has 5 heteroatoms. The fraction of sp³-hybridized carbons (Fsp3) is 0.208. The molecule has 146 valence electrons. The van der Waals surface area contributed by atoms with Crippen LogP contribution in [0.4, 0.5) is 0 Å². The van der Waals surface area contributed by atoms with Gasteiger partial charge in [-0.15, -0.1) is 11.3 Å². The molecule has 2 aliphatic rings. The Morgan fingerprint density at radius 2 is 1.86 bits per heavy atom. The fourth-order valence-corrected chi connectivity index (χ4v) is 4.62. The molecule has 1 atom stereocenters. The van der Waals surface area contributed by atoms with E-state index in [2.05, 4.69) is 70.4 Å². The molecule has 4 nitrogen and oxygen atoms in total. The third kappa shape index (κ3) is 4.17. The topological polar surface area (TPSA) is 37.4 Å². The van der Waals surface area contributed by atoms with Crippen molar-refractivity contribution < 1.29 is 4.84 Å². The van der Waals surface area contributed by atoms with Gasteiger partial charge >= 0.3 is 0 Å². The lowest BCUT2D eigenvalue weighted by Gasteiger charge is -2.25. The lowest BCUT2D eigenvalue weighted by Crippen LogP contribution is -2.27. The molecule has 0 aliphatic carbocycles. The van der Waals surface area contributed by atoms with Crippen LogP contribution < -0.4 is 5.48 Å². The predicted octanol–water partition coefficient (Wildman–Crippen LogP) is 5.05. The van der Waals surface area contributed by atoms with E-state index in [0.717, 1.165) is 48.0 Å². The first-order valence-corrected chi connectivity index (χ1v) is 10.8. The van der Waals surface area contributed by atoms with Gasteiger partial charge in [-0.1, -0.05) is 66.7 Å². The van der Waals surface area contributed by atoms with Crippen molar-refractivity contribution in [3.63, 3.8) is 0 Å². The van der Waals surface area contributed by atoms with Crippen molar-refractivity contribution in [3.05, 3.63) is 100 Å². The lowest BCUT2D eigenvalue weighted by atomic mass is 10.1. The van der Waals surface area contributed by atoms with Crippen LogP contribution in [-0.2, 0) is 11.4 Å². The summed E-state index contributed by atoms with van der Waals surface area (Å²) in [4.78, 5) is 13.1. The molecule has 2 aromatic carbocycles. The van der Waals surface area contributed by atoms with Gasteiger partial charge in [-0.25, -0.2) is 4.98 Å². The number of nitrogens with zero attached hydrogens (tertiary/aromatic N) is 2. The Morgan fingerprint density at radius 1 is 1.07 bits per heavy atom. The standard InChI is InChI=1S/C24H23N3OS/c1-3-7-18(8-4-1)16-27-13-11-20(12-14-27)24-25-22(17-29-24)21-15-23(28-26-21)19-9-5-2-6-10-19/h1-11,15,17,23,26H,12-14,16H2. The van der Waals surface area contributed by atoms with E-state index in [0.29, 0.717) is 0 Å². The molecule has 1 unspecified atom stereocenters. The summed E-state index contributed by atoms with van der Waals surface area (Å²) in [7, 11) is 0. The molecule has 1 N–H and O–H groups in total. The average molecular weight is 402 g/mol. The molecule has 0 saturated carbocycles. The molecule has 3 heterocycles. The number of aromatic nitrogens is 1. The zero-order valence-electron chi connectivity index (χ0n) is 16.1. The molecule has 1 aromatic heterocycles. The van der Waals surface area contributed by atoms with E-state index in [-0.39, 0.29) is 6.10 Å². The molecule has 0 spiro atoms. The van der Waals surface area contributed by atoms with Gasteiger partial charge in [0, 0.05) is 25.0 Å². The van der Waals surface area contributed by atoms with E-state index in [9.17, 15) is 0 Å². The number of nitrogens with one attached hydrogen (secondary N) is 1. The van der Waals surface area contributed by atoms with Crippen LogP contribution in [0.5, 0.6) is 0 Å². The van der Waals surface area contributed by atoms with E-state index in [1.807, 2.05) is 18.2 Å². The molecule has 2 aliphatic heterocycles. The second-order valence-electron chi connectivity index (χ2n) is 7.37. The molecule has 0 fully saturated rings. The SMILES string of the molecule is C1=C(c2csc(C3=CCN(Cc4ccccc4)CC3)n2)NOC1c1ccccc1. The first-order chi connectivity index (χ1) is 14.3. The Balaban J connectivity index is 1.25. The van der Waals surface area contributed by atoms with Crippen molar-refractivity contribution in [1.29, 1.82) is 0 Å². The van der Waals surface area contributed by atoms with Crippen LogP contribution in [0.2, 0.25) is 0 Å². The number of thiazole rings is 1. The highest BCUT2D eigenvalue weighted by molar-refractivity contribution is 7.10. The first-order valence-electron chi connectivity index (χ1n) is 9.95. The summed E-state index contributed by atoms with van der Waals surface area (Å²) >= 11 is 1.71. The summed E-state index contributed by atoms with van der Waals surface area (Å²) in [6.07, 6.45) is 5.40. The Hall–Kier alpha value is -2.73. The Bertz CT molecular complexity index is 1030. The van der Waals surface area contributed by atoms with Gasteiger partial charge in [-0.2, -0.15) is 0 Å². The van der Waals surface area contributed by atoms with Crippen molar-refractivity contribution in [3.8, 4) is 0 Å². The molecule has 0 amide bonds. The smallest absolute Gasteiger partial charge is 0.131 e. The summed E-state index contributed by atoms with van der Waals surface area (Å²) in [5.41, 5.74) is 8.81. The van der Waals surface area contributed by atoms with Crippen molar-refractivity contribution in [2.24, 2.45) is 0 Å². The largest absolute Gasteiger partial charge is 0.295 e. The predicted molar refractivity (Wildman–Crippen MR) is 118 cm³/mol. The minimum absolute atomic E-state index is 0.0724. The zero-order valence-corrected chi connectivity index (χ0v) is 16.9. The van der Waals surface area contributed by atoms with Crippen LogP contribution in [0.1, 0.15) is 34.4 Å². The highest BCUT2D eigenvalue weighted by Crippen LogP contribution is 2.31. The number of benzene rings is 2. The van der Waals surface area contributed by atoms with Crippen molar-refractivity contribution in [2.45, 2.75) is 19.1 Å². The normalized spacial score (nSPS) is 19.5. The quantitative estimate of drug-likeness (QED) is 0.649. The molecule has 0 bridgehead atoms. The van der Waals surface area contributed by atoms with Crippen LogP contribution >= 0.6 is 11.3 Å². The number of hydrogen-bond donors (Lipinski definition) is 1. The molecule has 5 rings (SSSR count). The maximum atomic E-state index is 5.73. The minimum Gasteiger partial charge on any atom is -0.295 e. The summed E-state index contributed by atoms with van der Waals surface area (Å²) in [6, 6.07) is 20.9. The number of hydroxylamine groups is 1. The zero-order chi connectivity index (χ0) is 19.5. The van der Waals surface area contributed by atoms with Gasteiger partial charge in [0.1, 0.15) is 11.1 Å². The summed E-state index contributed by atoms with van der Waals surface area (Å²) < 4.78 is 0. The molecule has 3 aromatic rings. The fourth-order valence-electron chi connectivity index (χ4n) is 3.73.